The summed E-state index contributed by atoms with van der Waals surface area (Å²) in [6.07, 6.45) is -0.997. The van der Waals surface area contributed by atoms with Gasteiger partial charge in [-0.15, -0.1) is 0 Å². The van der Waals surface area contributed by atoms with Gasteiger partial charge in [0.05, 0.1) is 18.1 Å². The molecule has 1 atom stereocenters. The number of nitrogens with one attached hydrogen (secondary N) is 1. The van der Waals surface area contributed by atoms with Crippen LogP contribution >= 0.6 is 0 Å². The van der Waals surface area contributed by atoms with Gasteiger partial charge in [0.25, 0.3) is 5.91 Å². The van der Waals surface area contributed by atoms with Crippen molar-refractivity contribution >= 4 is 23.1 Å². The standard InChI is InChI=1S/C18H18N2O6/c1-11(21)13-5-4-6-14(9-13)19-18(22)12(2)26-17-8-7-15(25-3)10-16(17)20(23)24/h4-10,12H,1-3H3,(H,19,22). The molecule has 1 unspecified atom stereocenters. The maximum atomic E-state index is 12.3. The molecule has 8 heteroatoms. The van der Waals surface area contributed by atoms with Crippen LogP contribution in [0.25, 0.3) is 0 Å². The van der Waals surface area contributed by atoms with Gasteiger partial charge in [0.1, 0.15) is 5.75 Å². The van der Waals surface area contributed by atoms with E-state index in [0.29, 0.717) is 17.0 Å². The third-order valence-corrected chi connectivity index (χ3v) is 3.57. The highest BCUT2D eigenvalue weighted by Crippen LogP contribution is 2.31. The van der Waals surface area contributed by atoms with Crippen molar-refractivity contribution in [1.29, 1.82) is 0 Å². The van der Waals surface area contributed by atoms with Crippen molar-refractivity contribution in [2.45, 2.75) is 20.0 Å². The molecule has 0 aromatic heterocycles. The van der Waals surface area contributed by atoms with Crippen molar-refractivity contribution in [1.82, 2.24) is 0 Å². The number of ketones is 1. The van der Waals surface area contributed by atoms with E-state index in [1.807, 2.05) is 0 Å². The number of hydrogen-bond donors (Lipinski definition) is 1. The van der Waals surface area contributed by atoms with Gasteiger partial charge < -0.3 is 14.8 Å². The highest BCUT2D eigenvalue weighted by molar-refractivity contribution is 5.98. The number of benzene rings is 2. The second-order valence-corrected chi connectivity index (χ2v) is 5.48. The van der Waals surface area contributed by atoms with E-state index in [-0.39, 0.29) is 17.2 Å². The Bertz CT molecular complexity index is 849. The van der Waals surface area contributed by atoms with E-state index in [1.54, 1.807) is 24.3 Å². The lowest BCUT2D eigenvalue weighted by Crippen LogP contribution is -2.30. The first-order chi connectivity index (χ1) is 12.3. The van der Waals surface area contributed by atoms with E-state index in [4.69, 9.17) is 9.47 Å². The van der Waals surface area contributed by atoms with E-state index >= 15 is 0 Å². The average molecular weight is 358 g/mol. The average Bonchev–Trinajstić information content (AvgIpc) is 2.61. The van der Waals surface area contributed by atoms with E-state index in [1.165, 1.54) is 39.2 Å². The monoisotopic (exact) mass is 358 g/mol. The Kier molecular flexibility index (Phi) is 5.90. The van der Waals surface area contributed by atoms with E-state index in [9.17, 15) is 19.7 Å². The molecule has 0 saturated heterocycles. The van der Waals surface area contributed by atoms with Crippen LogP contribution in [0.1, 0.15) is 24.2 Å². The van der Waals surface area contributed by atoms with Gasteiger partial charge in [0, 0.05) is 11.3 Å². The molecule has 0 aliphatic heterocycles. The van der Waals surface area contributed by atoms with Crippen molar-refractivity contribution in [3.8, 4) is 11.5 Å². The van der Waals surface area contributed by atoms with Crippen LogP contribution in [-0.2, 0) is 4.79 Å². The van der Waals surface area contributed by atoms with Crippen LogP contribution in [0.3, 0.4) is 0 Å². The van der Waals surface area contributed by atoms with E-state index in [0.717, 1.165) is 0 Å². The van der Waals surface area contributed by atoms with Crippen molar-refractivity contribution in [3.63, 3.8) is 0 Å². The Hall–Kier alpha value is -3.42. The highest BCUT2D eigenvalue weighted by Gasteiger charge is 2.22. The largest absolute Gasteiger partial charge is 0.496 e. The number of ether oxygens (including phenoxy) is 2. The zero-order chi connectivity index (χ0) is 19.3. The summed E-state index contributed by atoms with van der Waals surface area (Å²) in [6, 6.07) is 10.6. The molecule has 1 N–H and O–H groups in total. The maximum absolute atomic E-state index is 12.3. The summed E-state index contributed by atoms with van der Waals surface area (Å²) in [4.78, 5) is 34.2. The minimum Gasteiger partial charge on any atom is -0.496 e. The van der Waals surface area contributed by atoms with Crippen molar-refractivity contribution < 1.29 is 24.0 Å². The number of hydrogen-bond acceptors (Lipinski definition) is 6. The molecule has 2 aromatic carbocycles. The topological polar surface area (TPSA) is 108 Å². The molecular weight excluding hydrogens is 340 g/mol. The first-order valence-corrected chi connectivity index (χ1v) is 7.72. The highest BCUT2D eigenvalue weighted by atomic mass is 16.6. The summed E-state index contributed by atoms with van der Waals surface area (Å²) in [5.41, 5.74) is 0.590. The number of nitro groups is 1. The molecule has 8 nitrogen and oxygen atoms in total. The molecule has 0 aliphatic carbocycles. The second kappa shape index (κ2) is 8.11. The molecule has 0 saturated carbocycles. The number of methoxy groups -OCH3 is 1. The van der Waals surface area contributed by atoms with Gasteiger partial charge in [-0.2, -0.15) is 0 Å². The number of carbonyl (C=O) groups excluding carboxylic acids is 2. The molecule has 26 heavy (non-hydrogen) atoms. The van der Waals surface area contributed by atoms with Crippen molar-refractivity contribution in [2.24, 2.45) is 0 Å². The first kappa shape index (κ1) is 18.9. The first-order valence-electron chi connectivity index (χ1n) is 7.72. The van der Waals surface area contributed by atoms with Crippen LogP contribution in [0.5, 0.6) is 11.5 Å². The summed E-state index contributed by atoms with van der Waals surface area (Å²) >= 11 is 0. The number of anilines is 1. The summed E-state index contributed by atoms with van der Waals surface area (Å²) in [6.45, 7) is 2.90. The molecule has 1 amide bonds. The number of nitro benzene ring substituents is 1. The molecule has 0 spiro atoms. The van der Waals surface area contributed by atoms with Gasteiger partial charge in [-0.25, -0.2) is 0 Å². The lowest BCUT2D eigenvalue weighted by Gasteiger charge is -2.15. The fourth-order valence-corrected chi connectivity index (χ4v) is 2.17. The van der Waals surface area contributed by atoms with Crippen LogP contribution < -0.4 is 14.8 Å². The number of nitrogens with zero attached hydrogens (tertiary/aromatic N) is 1. The predicted molar refractivity (Wildman–Crippen MR) is 94.8 cm³/mol. The van der Waals surface area contributed by atoms with Gasteiger partial charge in [0.2, 0.25) is 0 Å². The van der Waals surface area contributed by atoms with Crippen LogP contribution in [0, 0.1) is 10.1 Å². The maximum Gasteiger partial charge on any atom is 0.314 e. The third kappa shape index (κ3) is 4.56. The smallest absolute Gasteiger partial charge is 0.314 e. The quantitative estimate of drug-likeness (QED) is 0.462. The minimum absolute atomic E-state index is 0.0454. The fourth-order valence-electron chi connectivity index (χ4n) is 2.17. The summed E-state index contributed by atoms with van der Waals surface area (Å²) < 4.78 is 10.4. The molecule has 136 valence electrons. The second-order valence-electron chi connectivity index (χ2n) is 5.48. The molecule has 2 aromatic rings. The van der Waals surface area contributed by atoms with Gasteiger partial charge in [-0.1, -0.05) is 12.1 Å². The van der Waals surface area contributed by atoms with Crippen molar-refractivity contribution in [3.05, 3.63) is 58.1 Å². The van der Waals surface area contributed by atoms with Crippen LogP contribution in [0.15, 0.2) is 42.5 Å². The summed E-state index contributed by atoms with van der Waals surface area (Å²) in [7, 11) is 1.39. The van der Waals surface area contributed by atoms with Crippen LogP contribution in [-0.4, -0.2) is 29.8 Å². The van der Waals surface area contributed by atoms with Gasteiger partial charge in [-0.3, -0.25) is 19.7 Å². The SMILES string of the molecule is COc1ccc(OC(C)C(=O)Nc2cccc(C(C)=O)c2)c([N+](=O)[O-])c1. The lowest BCUT2D eigenvalue weighted by atomic mass is 10.1. The van der Waals surface area contributed by atoms with Gasteiger partial charge in [0.15, 0.2) is 17.6 Å². The molecule has 0 fully saturated rings. The van der Waals surface area contributed by atoms with E-state index in [2.05, 4.69) is 5.32 Å². The number of rotatable bonds is 7. The van der Waals surface area contributed by atoms with Crippen molar-refractivity contribution in [2.75, 3.05) is 12.4 Å². The predicted octanol–water partition coefficient (Wildman–Crippen LogP) is 3.21. The lowest BCUT2D eigenvalue weighted by molar-refractivity contribution is -0.386. The Labute approximate surface area is 149 Å². The summed E-state index contributed by atoms with van der Waals surface area (Å²) in [5, 5.41) is 13.8. The molecule has 0 radical (unpaired) electrons. The molecular formula is C18H18N2O6. The van der Waals surface area contributed by atoms with Crippen LogP contribution in [0.2, 0.25) is 0 Å². The fraction of sp³-hybridized carbons (Fsp3) is 0.222. The van der Waals surface area contributed by atoms with Crippen LogP contribution in [0.4, 0.5) is 11.4 Å². The Morgan fingerprint density at radius 1 is 1.19 bits per heavy atom. The number of amides is 1. The van der Waals surface area contributed by atoms with Gasteiger partial charge in [-0.05, 0) is 38.1 Å². The summed E-state index contributed by atoms with van der Waals surface area (Å²) in [5.74, 6) is -0.367. The molecule has 0 aliphatic rings. The number of Topliss-reactive ketones (excluding diaryl/α,β-unsaturated/α-hetero) is 1. The van der Waals surface area contributed by atoms with Gasteiger partial charge >= 0.3 is 5.69 Å². The Morgan fingerprint density at radius 2 is 1.92 bits per heavy atom. The number of carbonyl (C=O) groups is 2. The Balaban J connectivity index is 2.13. The molecule has 0 heterocycles. The Morgan fingerprint density at radius 3 is 2.54 bits per heavy atom. The zero-order valence-corrected chi connectivity index (χ0v) is 14.5. The zero-order valence-electron chi connectivity index (χ0n) is 14.5. The minimum atomic E-state index is -0.997. The molecule has 2 rings (SSSR count). The molecule has 0 bridgehead atoms. The third-order valence-electron chi connectivity index (χ3n) is 3.57. The van der Waals surface area contributed by atoms with E-state index < -0.39 is 16.9 Å². The normalized spacial score (nSPS) is 11.3.